The SMILES string of the molecule is Fc1ccc2c(c1)OCC(C1(F)CCOCC1)C2Nc1ncnc2[nH]c(C(F)(F)F)cc12. The van der Waals surface area contributed by atoms with Crippen molar-refractivity contribution in [2.75, 3.05) is 25.1 Å². The first-order chi connectivity index (χ1) is 15.2. The Bertz CT molecular complexity index is 1140. The number of benzene rings is 1. The van der Waals surface area contributed by atoms with Crippen LogP contribution in [-0.2, 0) is 10.9 Å². The zero-order chi connectivity index (χ0) is 22.5. The van der Waals surface area contributed by atoms with E-state index in [0.717, 1.165) is 12.4 Å². The summed E-state index contributed by atoms with van der Waals surface area (Å²) in [6.45, 7) is 0.473. The summed E-state index contributed by atoms with van der Waals surface area (Å²) in [5.74, 6) is -0.836. The van der Waals surface area contributed by atoms with Crippen LogP contribution in [0.5, 0.6) is 5.75 Å². The number of fused-ring (bicyclic) bond motifs is 2. The lowest BCUT2D eigenvalue weighted by Gasteiger charge is -2.44. The highest BCUT2D eigenvalue weighted by molar-refractivity contribution is 5.88. The summed E-state index contributed by atoms with van der Waals surface area (Å²) in [7, 11) is 0. The molecule has 4 heterocycles. The zero-order valence-electron chi connectivity index (χ0n) is 16.7. The van der Waals surface area contributed by atoms with Crippen molar-refractivity contribution in [1.82, 2.24) is 15.0 Å². The molecule has 11 heteroatoms. The van der Waals surface area contributed by atoms with Crippen molar-refractivity contribution in [3.05, 3.63) is 47.7 Å². The smallest absolute Gasteiger partial charge is 0.431 e. The Morgan fingerprint density at radius 1 is 1.12 bits per heavy atom. The van der Waals surface area contributed by atoms with E-state index < -0.39 is 35.3 Å². The van der Waals surface area contributed by atoms with Gasteiger partial charge in [0.25, 0.3) is 0 Å². The number of hydrogen-bond donors (Lipinski definition) is 2. The third-order valence-corrected chi connectivity index (χ3v) is 6.14. The second kappa shape index (κ2) is 7.58. The number of aromatic amines is 1. The fourth-order valence-corrected chi connectivity index (χ4v) is 4.45. The summed E-state index contributed by atoms with van der Waals surface area (Å²) < 4.78 is 80.3. The van der Waals surface area contributed by atoms with Crippen molar-refractivity contribution < 1.29 is 31.4 Å². The predicted octanol–water partition coefficient (Wildman–Crippen LogP) is 4.80. The van der Waals surface area contributed by atoms with E-state index in [1.807, 2.05) is 0 Å². The number of hydrogen-bond acceptors (Lipinski definition) is 5. The van der Waals surface area contributed by atoms with Gasteiger partial charge in [0, 0.05) is 37.7 Å². The van der Waals surface area contributed by atoms with Crippen LogP contribution in [0, 0.1) is 11.7 Å². The second-order valence-corrected chi connectivity index (χ2v) is 8.03. The van der Waals surface area contributed by atoms with Crippen LogP contribution in [0.4, 0.5) is 27.8 Å². The quantitative estimate of drug-likeness (QED) is 0.557. The minimum atomic E-state index is -4.59. The number of aromatic nitrogens is 3. The number of nitrogens with one attached hydrogen (secondary N) is 2. The number of halogens is 5. The van der Waals surface area contributed by atoms with E-state index in [0.29, 0.717) is 5.56 Å². The van der Waals surface area contributed by atoms with E-state index in [1.54, 1.807) is 0 Å². The van der Waals surface area contributed by atoms with E-state index in [-0.39, 0.29) is 55.3 Å². The maximum absolute atomic E-state index is 16.0. The van der Waals surface area contributed by atoms with Crippen molar-refractivity contribution in [1.29, 1.82) is 0 Å². The van der Waals surface area contributed by atoms with Crippen molar-refractivity contribution in [3.8, 4) is 5.75 Å². The molecule has 2 N–H and O–H groups in total. The van der Waals surface area contributed by atoms with Gasteiger partial charge in [-0.1, -0.05) is 6.07 Å². The van der Waals surface area contributed by atoms with Gasteiger partial charge in [-0.25, -0.2) is 18.7 Å². The van der Waals surface area contributed by atoms with Crippen LogP contribution in [0.25, 0.3) is 11.0 Å². The van der Waals surface area contributed by atoms with Crippen molar-refractivity contribution >= 4 is 16.9 Å². The highest BCUT2D eigenvalue weighted by Gasteiger charge is 2.48. The highest BCUT2D eigenvalue weighted by Crippen LogP contribution is 2.47. The third-order valence-electron chi connectivity index (χ3n) is 6.14. The maximum Gasteiger partial charge on any atom is 0.431 e. The molecule has 2 aliphatic heterocycles. The Morgan fingerprint density at radius 3 is 2.66 bits per heavy atom. The molecular formula is C21H19F5N4O2. The lowest BCUT2D eigenvalue weighted by molar-refractivity contribution is -0.140. The van der Waals surface area contributed by atoms with Crippen molar-refractivity contribution in [2.24, 2.45) is 5.92 Å². The van der Waals surface area contributed by atoms with Gasteiger partial charge in [0.05, 0.1) is 24.0 Å². The number of anilines is 1. The monoisotopic (exact) mass is 454 g/mol. The van der Waals surface area contributed by atoms with Gasteiger partial charge in [0.1, 0.15) is 40.7 Å². The zero-order valence-corrected chi connectivity index (χ0v) is 16.7. The van der Waals surface area contributed by atoms with Gasteiger partial charge in [-0.15, -0.1) is 0 Å². The largest absolute Gasteiger partial charge is 0.493 e. The summed E-state index contributed by atoms with van der Waals surface area (Å²) in [6, 6.07) is 4.14. The molecule has 0 spiro atoms. The van der Waals surface area contributed by atoms with Crippen molar-refractivity contribution in [2.45, 2.75) is 30.7 Å². The van der Waals surface area contributed by atoms with Crippen LogP contribution in [0.2, 0.25) is 0 Å². The van der Waals surface area contributed by atoms with Crippen LogP contribution in [-0.4, -0.2) is 40.4 Å². The van der Waals surface area contributed by atoms with Crippen LogP contribution in [0.15, 0.2) is 30.6 Å². The minimum Gasteiger partial charge on any atom is -0.493 e. The molecule has 0 bridgehead atoms. The molecule has 5 rings (SSSR count). The molecule has 2 aliphatic rings. The molecule has 1 fully saturated rings. The average molecular weight is 454 g/mol. The van der Waals surface area contributed by atoms with E-state index in [1.165, 1.54) is 18.2 Å². The summed E-state index contributed by atoms with van der Waals surface area (Å²) in [6.07, 6.45) is -3.16. The standard InChI is InChI=1S/C21H19F5N4O2/c22-11-1-2-12-15(7-11)32-9-14(20(23)3-5-31-6-4-20)17(12)30-19-13-8-16(21(24,25)26)29-18(13)27-10-28-19/h1-2,7-8,10,14,17H,3-6,9H2,(H2,27,28,29,30). The molecule has 170 valence electrons. The number of H-pyrrole nitrogens is 1. The fourth-order valence-electron chi connectivity index (χ4n) is 4.45. The van der Waals surface area contributed by atoms with Gasteiger partial charge in [-0.05, 0) is 12.1 Å². The molecule has 2 aromatic heterocycles. The topological polar surface area (TPSA) is 72.1 Å². The van der Waals surface area contributed by atoms with Crippen molar-refractivity contribution in [3.63, 3.8) is 0 Å². The molecule has 6 nitrogen and oxygen atoms in total. The Labute approximate surface area is 179 Å². The molecule has 0 saturated carbocycles. The first-order valence-corrected chi connectivity index (χ1v) is 10.1. The number of rotatable bonds is 3. The molecule has 32 heavy (non-hydrogen) atoms. The molecule has 3 aromatic rings. The Balaban J connectivity index is 1.58. The Kier molecular flexibility index (Phi) is 4.95. The van der Waals surface area contributed by atoms with E-state index in [9.17, 15) is 17.6 Å². The van der Waals surface area contributed by atoms with Gasteiger partial charge >= 0.3 is 6.18 Å². The van der Waals surface area contributed by atoms with Gasteiger partial charge < -0.3 is 19.8 Å². The molecule has 1 saturated heterocycles. The predicted molar refractivity (Wildman–Crippen MR) is 105 cm³/mol. The molecule has 0 amide bonds. The average Bonchev–Trinajstić information content (AvgIpc) is 3.20. The van der Waals surface area contributed by atoms with Gasteiger partial charge in [0.2, 0.25) is 0 Å². The summed E-state index contributed by atoms with van der Waals surface area (Å²) in [5.41, 5.74) is -2.10. The van der Waals surface area contributed by atoms with E-state index >= 15 is 4.39 Å². The lowest BCUT2D eigenvalue weighted by Crippen LogP contribution is -2.48. The van der Waals surface area contributed by atoms with E-state index in [2.05, 4.69) is 20.3 Å². The first kappa shape index (κ1) is 20.9. The second-order valence-electron chi connectivity index (χ2n) is 8.03. The summed E-state index contributed by atoms with van der Waals surface area (Å²) in [5, 5.41) is 3.23. The minimum absolute atomic E-state index is 0.00112. The molecular weight excluding hydrogens is 435 g/mol. The summed E-state index contributed by atoms with van der Waals surface area (Å²) >= 11 is 0. The maximum atomic E-state index is 16.0. The number of ether oxygens (including phenoxy) is 2. The molecule has 0 radical (unpaired) electrons. The first-order valence-electron chi connectivity index (χ1n) is 10.1. The highest BCUT2D eigenvalue weighted by atomic mass is 19.4. The lowest BCUT2D eigenvalue weighted by atomic mass is 9.75. The van der Waals surface area contributed by atoms with Crippen LogP contribution < -0.4 is 10.1 Å². The van der Waals surface area contributed by atoms with Gasteiger partial charge in [-0.3, -0.25) is 0 Å². The molecule has 2 unspecified atom stereocenters. The normalized spacial score (nSPS) is 22.9. The van der Waals surface area contributed by atoms with Crippen LogP contribution >= 0.6 is 0 Å². The molecule has 2 atom stereocenters. The molecule has 1 aromatic carbocycles. The summed E-state index contributed by atoms with van der Waals surface area (Å²) in [4.78, 5) is 10.2. The van der Waals surface area contributed by atoms with Gasteiger partial charge in [-0.2, -0.15) is 13.2 Å². The number of nitrogens with zero attached hydrogens (tertiary/aromatic N) is 2. The Morgan fingerprint density at radius 2 is 1.91 bits per heavy atom. The van der Waals surface area contributed by atoms with Crippen LogP contribution in [0.1, 0.15) is 30.1 Å². The van der Waals surface area contributed by atoms with E-state index in [4.69, 9.17) is 9.47 Å². The fraction of sp³-hybridized carbons (Fsp3) is 0.429. The Hall–Kier alpha value is -2.95. The van der Waals surface area contributed by atoms with Gasteiger partial charge in [0.15, 0.2) is 0 Å². The number of alkyl halides is 4. The van der Waals surface area contributed by atoms with Crippen LogP contribution in [0.3, 0.4) is 0 Å². The third kappa shape index (κ3) is 3.64. The molecule has 0 aliphatic carbocycles.